The summed E-state index contributed by atoms with van der Waals surface area (Å²) in [5, 5.41) is 2.87. The smallest absolute Gasteiger partial charge is 0.262 e. The molecule has 31 heavy (non-hydrogen) atoms. The molecule has 0 unspecified atom stereocenters. The molecule has 0 aromatic heterocycles. The summed E-state index contributed by atoms with van der Waals surface area (Å²) in [4.78, 5) is 12.3. The van der Waals surface area contributed by atoms with Crippen LogP contribution in [0.5, 0.6) is 5.75 Å². The van der Waals surface area contributed by atoms with Crippen LogP contribution in [0.3, 0.4) is 0 Å². The Morgan fingerprint density at radius 1 is 0.903 bits per heavy atom. The lowest BCUT2D eigenvalue weighted by molar-refractivity contribution is -0.118. The number of rotatable bonds is 8. The minimum Gasteiger partial charge on any atom is -0.484 e. The Bertz CT molecular complexity index is 1120. The molecule has 0 aliphatic carbocycles. The molecule has 3 rings (SSSR count). The van der Waals surface area contributed by atoms with Crippen molar-refractivity contribution in [2.24, 2.45) is 0 Å². The van der Waals surface area contributed by atoms with Gasteiger partial charge >= 0.3 is 0 Å². The molecule has 0 atom stereocenters. The predicted molar refractivity (Wildman–Crippen MR) is 124 cm³/mol. The highest BCUT2D eigenvalue weighted by molar-refractivity contribution is 7.92. The number of hydrogen-bond acceptors (Lipinski definition) is 4. The quantitative estimate of drug-likeness (QED) is 0.569. The lowest BCUT2D eigenvalue weighted by atomic mass is 10.1. The van der Waals surface area contributed by atoms with Crippen LogP contribution in [0.2, 0.25) is 0 Å². The number of sulfonamides is 1. The van der Waals surface area contributed by atoms with Crippen LogP contribution in [0.15, 0.2) is 72.8 Å². The first kappa shape index (κ1) is 22.4. The Labute approximate surface area is 183 Å². The van der Waals surface area contributed by atoms with Crippen molar-refractivity contribution in [1.82, 2.24) is 0 Å². The van der Waals surface area contributed by atoms with Crippen molar-refractivity contribution in [2.75, 3.05) is 22.5 Å². The number of ether oxygens (including phenoxy) is 1. The molecule has 0 fully saturated rings. The molecule has 7 heteroatoms. The SMILES string of the molecule is Cc1cccc(C)c1NC(=O)COc1ccc(N(Cc2ccccc2)S(C)(=O)=O)cc1. The van der Waals surface area contributed by atoms with E-state index in [4.69, 9.17) is 4.74 Å². The normalized spacial score (nSPS) is 11.1. The van der Waals surface area contributed by atoms with Crippen molar-refractivity contribution >= 4 is 27.3 Å². The van der Waals surface area contributed by atoms with Crippen LogP contribution in [0.4, 0.5) is 11.4 Å². The molecule has 0 saturated heterocycles. The van der Waals surface area contributed by atoms with Gasteiger partial charge in [-0.3, -0.25) is 9.10 Å². The third-order valence-electron chi connectivity index (χ3n) is 4.81. The number of nitrogens with zero attached hydrogens (tertiary/aromatic N) is 1. The van der Waals surface area contributed by atoms with Gasteiger partial charge in [-0.05, 0) is 54.8 Å². The maximum absolute atomic E-state index is 12.3. The summed E-state index contributed by atoms with van der Waals surface area (Å²) in [5.41, 5.74) is 4.17. The zero-order valence-electron chi connectivity index (χ0n) is 17.8. The van der Waals surface area contributed by atoms with Gasteiger partial charge in [-0.2, -0.15) is 0 Å². The van der Waals surface area contributed by atoms with E-state index in [2.05, 4.69) is 5.32 Å². The first-order valence-corrected chi connectivity index (χ1v) is 11.7. The number of hydrogen-bond donors (Lipinski definition) is 1. The van der Waals surface area contributed by atoms with Crippen molar-refractivity contribution in [3.8, 4) is 5.75 Å². The third-order valence-corrected chi connectivity index (χ3v) is 5.95. The van der Waals surface area contributed by atoms with E-state index in [1.165, 1.54) is 10.6 Å². The van der Waals surface area contributed by atoms with E-state index in [0.717, 1.165) is 22.4 Å². The van der Waals surface area contributed by atoms with Crippen LogP contribution in [0.1, 0.15) is 16.7 Å². The first-order chi connectivity index (χ1) is 14.7. The first-order valence-electron chi connectivity index (χ1n) is 9.84. The summed E-state index contributed by atoms with van der Waals surface area (Å²) >= 11 is 0. The summed E-state index contributed by atoms with van der Waals surface area (Å²) in [6, 6.07) is 21.9. The number of benzene rings is 3. The van der Waals surface area contributed by atoms with Gasteiger partial charge in [0.25, 0.3) is 5.91 Å². The predicted octanol–water partition coefficient (Wildman–Crippen LogP) is 4.29. The molecular formula is C24H26N2O4S. The number of aryl methyl sites for hydroxylation is 2. The minimum absolute atomic E-state index is 0.146. The summed E-state index contributed by atoms with van der Waals surface area (Å²) in [5.74, 6) is 0.219. The van der Waals surface area contributed by atoms with Crippen LogP contribution in [0.25, 0.3) is 0 Å². The number of carbonyl (C=O) groups is 1. The van der Waals surface area contributed by atoms with Crippen LogP contribution in [-0.2, 0) is 21.4 Å². The Kier molecular flexibility index (Phi) is 6.97. The molecule has 3 aromatic rings. The van der Waals surface area contributed by atoms with E-state index in [1.807, 2.05) is 62.4 Å². The second kappa shape index (κ2) is 9.66. The molecule has 1 amide bonds. The van der Waals surface area contributed by atoms with Crippen molar-refractivity contribution < 1.29 is 17.9 Å². The summed E-state index contributed by atoms with van der Waals surface area (Å²) in [6.45, 7) is 3.96. The van der Waals surface area contributed by atoms with E-state index >= 15 is 0 Å². The largest absolute Gasteiger partial charge is 0.484 e. The molecule has 6 nitrogen and oxygen atoms in total. The maximum atomic E-state index is 12.3. The fourth-order valence-corrected chi connectivity index (χ4v) is 4.08. The van der Waals surface area contributed by atoms with Crippen molar-refractivity contribution in [3.63, 3.8) is 0 Å². The zero-order valence-corrected chi connectivity index (χ0v) is 18.6. The summed E-state index contributed by atoms with van der Waals surface area (Å²) in [7, 11) is -3.47. The Morgan fingerprint density at radius 2 is 1.52 bits per heavy atom. The summed E-state index contributed by atoms with van der Waals surface area (Å²) in [6.07, 6.45) is 1.18. The van der Waals surface area contributed by atoms with Crippen LogP contribution < -0.4 is 14.4 Å². The van der Waals surface area contributed by atoms with Crippen LogP contribution >= 0.6 is 0 Å². The molecule has 0 bridgehead atoms. The van der Waals surface area contributed by atoms with Gasteiger partial charge in [-0.25, -0.2) is 8.42 Å². The summed E-state index contributed by atoms with van der Waals surface area (Å²) < 4.78 is 31.5. The molecular weight excluding hydrogens is 412 g/mol. The highest BCUT2D eigenvalue weighted by Gasteiger charge is 2.18. The Morgan fingerprint density at radius 3 is 2.10 bits per heavy atom. The van der Waals surface area contributed by atoms with E-state index in [9.17, 15) is 13.2 Å². The molecule has 1 N–H and O–H groups in total. The van der Waals surface area contributed by atoms with Gasteiger partial charge in [0.15, 0.2) is 6.61 Å². The topological polar surface area (TPSA) is 75.7 Å². The lowest BCUT2D eigenvalue weighted by Gasteiger charge is -2.22. The molecule has 0 radical (unpaired) electrons. The van der Waals surface area contributed by atoms with Crippen molar-refractivity contribution in [3.05, 3.63) is 89.5 Å². The number of para-hydroxylation sites is 1. The maximum Gasteiger partial charge on any atom is 0.262 e. The molecule has 0 spiro atoms. The molecule has 0 heterocycles. The van der Waals surface area contributed by atoms with Gasteiger partial charge < -0.3 is 10.1 Å². The fraction of sp³-hybridized carbons (Fsp3) is 0.208. The molecule has 0 aliphatic rings. The van der Waals surface area contributed by atoms with Gasteiger partial charge in [0.2, 0.25) is 10.0 Å². The van der Waals surface area contributed by atoms with E-state index in [1.54, 1.807) is 24.3 Å². The Hall–Kier alpha value is -3.32. The Balaban J connectivity index is 1.65. The zero-order chi connectivity index (χ0) is 22.4. The van der Waals surface area contributed by atoms with Gasteiger partial charge in [-0.15, -0.1) is 0 Å². The number of nitrogens with one attached hydrogen (secondary N) is 1. The highest BCUT2D eigenvalue weighted by atomic mass is 32.2. The van der Waals surface area contributed by atoms with E-state index < -0.39 is 10.0 Å². The number of anilines is 2. The van der Waals surface area contributed by atoms with Crippen LogP contribution in [-0.4, -0.2) is 27.2 Å². The van der Waals surface area contributed by atoms with Gasteiger partial charge in [0.1, 0.15) is 5.75 Å². The highest BCUT2D eigenvalue weighted by Crippen LogP contribution is 2.24. The van der Waals surface area contributed by atoms with Crippen LogP contribution in [0, 0.1) is 13.8 Å². The standard InChI is InChI=1S/C24H26N2O4S/c1-18-8-7-9-19(2)24(18)25-23(27)17-30-22-14-12-21(13-15-22)26(31(3,28)29)16-20-10-5-4-6-11-20/h4-15H,16-17H2,1-3H3,(H,25,27). The van der Waals surface area contributed by atoms with Gasteiger partial charge in [-0.1, -0.05) is 48.5 Å². The molecule has 0 aliphatic heterocycles. The monoisotopic (exact) mass is 438 g/mol. The average Bonchev–Trinajstić information content (AvgIpc) is 2.74. The molecule has 162 valence electrons. The fourth-order valence-electron chi connectivity index (χ4n) is 3.19. The molecule has 3 aromatic carbocycles. The lowest BCUT2D eigenvalue weighted by Crippen LogP contribution is -2.29. The molecule has 0 saturated carbocycles. The second-order valence-electron chi connectivity index (χ2n) is 7.35. The average molecular weight is 439 g/mol. The van der Waals surface area contributed by atoms with E-state index in [0.29, 0.717) is 11.4 Å². The van der Waals surface area contributed by atoms with Crippen molar-refractivity contribution in [2.45, 2.75) is 20.4 Å². The van der Waals surface area contributed by atoms with Crippen molar-refractivity contribution in [1.29, 1.82) is 0 Å². The van der Waals surface area contributed by atoms with Gasteiger partial charge in [0.05, 0.1) is 18.5 Å². The van der Waals surface area contributed by atoms with Gasteiger partial charge in [0, 0.05) is 5.69 Å². The minimum atomic E-state index is -3.47. The number of amides is 1. The number of carbonyl (C=O) groups excluding carboxylic acids is 1. The second-order valence-corrected chi connectivity index (χ2v) is 9.26. The third kappa shape index (κ3) is 6.08. The van der Waals surface area contributed by atoms with E-state index in [-0.39, 0.29) is 19.1 Å².